The van der Waals surface area contributed by atoms with E-state index >= 15 is 0 Å². The number of hydrogen-bond acceptors (Lipinski definition) is 2. The maximum atomic E-state index is 13.2. The van der Waals surface area contributed by atoms with Crippen molar-refractivity contribution < 1.29 is 26.1 Å². The Labute approximate surface area is 278 Å². The standard InChI is InChI=1S/C31H19Cl3FOS2.6FH.Sb/c32-22-5-14-27(15-6-22)38(28-16-7-23(33)8-17-28)26-12-3-20(4-13-26)29-18-11-25(19-30(29)34)37-31(36)21-1-9-24(35)10-2-21;;;;;;;/h1-19H;6*1H;/q+1;;;;;;;+5/p-6. The molecule has 5 aromatic carbocycles. The Kier molecular flexibility index (Phi) is 10.6. The molecule has 0 N–H and O–H groups in total. The van der Waals surface area contributed by atoms with Crippen LogP contribution in [0.15, 0.2) is 135 Å². The number of thioether (sulfide) groups is 1. The van der Waals surface area contributed by atoms with Gasteiger partial charge in [-0.1, -0.05) is 40.9 Å². The van der Waals surface area contributed by atoms with Gasteiger partial charge < -0.3 is 0 Å². The molecule has 0 fully saturated rings. The Hall–Kier alpha value is -2.33. The zero-order valence-electron chi connectivity index (χ0n) is 22.4. The number of carbonyl (C=O) groups excluding carboxylic acids is 1. The van der Waals surface area contributed by atoms with E-state index in [9.17, 15) is 26.1 Å². The number of halogens is 10. The second-order valence-electron chi connectivity index (χ2n) is 9.23. The Morgan fingerprint density at radius 1 is 0.600 bits per heavy atom. The van der Waals surface area contributed by atoms with Gasteiger partial charge in [0.2, 0.25) is 5.12 Å². The monoisotopic (exact) mass is 830 g/mol. The van der Waals surface area contributed by atoms with Crippen LogP contribution >= 0.6 is 46.6 Å². The Morgan fingerprint density at radius 3 is 1.44 bits per heavy atom. The van der Waals surface area contributed by atoms with Crippen LogP contribution in [0.5, 0.6) is 0 Å². The van der Waals surface area contributed by atoms with Gasteiger partial charge in [-0.3, -0.25) is 4.79 Å². The molecule has 0 aromatic heterocycles. The van der Waals surface area contributed by atoms with Crippen LogP contribution < -0.4 is 0 Å². The SMILES string of the molecule is O=C(Sc1ccc(-c2ccc([S+](c3ccc(Cl)cc3)c3ccc(Cl)cc3)cc2)c(Cl)c1)c1ccc(F)cc1.[F][Sb-]([F])([F])([F])([F])[F]. The first kappa shape index (κ1) is 35.5. The molecule has 0 aliphatic heterocycles. The summed E-state index contributed by atoms with van der Waals surface area (Å²) < 4.78 is 72.7. The molecule has 0 unspecified atom stereocenters. The number of benzene rings is 5. The van der Waals surface area contributed by atoms with Crippen molar-refractivity contribution in [2.24, 2.45) is 0 Å². The molecular weight excluding hydrogens is 814 g/mol. The molecule has 0 bridgehead atoms. The van der Waals surface area contributed by atoms with Crippen molar-refractivity contribution in [3.8, 4) is 11.1 Å². The Morgan fingerprint density at radius 2 is 1.02 bits per heavy atom. The topological polar surface area (TPSA) is 17.1 Å². The number of carbonyl (C=O) groups is 1. The van der Waals surface area contributed by atoms with Crippen molar-refractivity contribution in [2.75, 3.05) is 0 Å². The van der Waals surface area contributed by atoms with Gasteiger partial charge >= 0.3 is 36.4 Å². The van der Waals surface area contributed by atoms with E-state index in [0.717, 1.165) is 42.5 Å². The van der Waals surface area contributed by atoms with Gasteiger partial charge in [-0.05, 0) is 127 Å². The molecule has 0 saturated heterocycles. The van der Waals surface area contributed by atoms with Crippen LogP contribution in [0.2, 0.25) is 15.1 Å². The zero-order chi connectivity index (χ0) is 33.1. The van der Waals surface area contributed by atoms with Gasteiger partial charge in [0.15, 0.2) is 14.7 Å². The van der Waals surface area contributed by atoms with Crippen molar-refractivity contribution in [2.45, 2.75) is 19.6 Å². The molecular formula is C31H19Cl3F7OS2Sb. The second kappa shape index (κ2) is 13.4. The second-order valence-corrected chi connectivity index (χ2v) is 19.1. The number of rotatable bonds is 6. The van der Waals surface area contributed by atoms with Gasteiger partial charge in [-0.15, -0.1) is 0 Å². The van der Waals surface area contributed by atoms with Crippen LogP contribution in [0.25, 0.3) is 11.1 Å². The Bertz CT molecular complexity index is 1750. The molecule has 45 heavy (non-hydrogen) atoms. The summed E-state index contributed by atoms with van der Waals surface area (Å²) >= 11 is 8.75. The van der Waals surface area contributed by atoms with Crippen molar-refractivity contribution in [1.82, 2.24) is 0 Å². The van der Waals surface area contributed by atoms with Gasteiger partial charge in [0, 0.05) is 31.1 Å². The summed E-state index contributed by atoms with van der Waals surface area (Å²) in [6.07, 6.45) is 0. The van der Waals surface area contributed by atoms with E-state index in [0.29, 0.717) is 20.6 Å². The van der Waals surface area contributed by atoms with Crippen LogP contribution in [-0.2, 0) is 10.9 Å². The summed E-state index contributed by atoms with van der Waals surface area (Å²) in [4.78, 5) is 16.7. The van der Waals surface area contributed by atoms with Crippen molar-refractivity contribution >= 4 is 82.1 Å². The van der Waals surface area contributed by atoms with E-state index in [1.54, 1.807) is 6.07 Å². The van der Waals surface area contributed by atoms with Crippen LogP contribution in [0.3, 0.4) is 0 Å². The summed E-state index contributed by atoms with van der Waals surface area (Å²) in [5, 5.41) is 1.76. The molecule has 5 aromatic rings. The summed E-state index contributed by atoms with van der Waals surface area (Å²) in [7, 11) is -0.346. The molecule has 0 amide bonds. The molecule has 0 saturated carbocycles. The van der Waals surface area contributed by atoms with E-state index in [-0.39, 0.29) is 21.8 Å². The third kappa shape index (κ3) is 11.8. The van der Waals surface area contributed by atoms with Crippen LogP contribution in [0.1, 0.15) is 10.4 Å². The van der Waals surface area contributed by atoms with Gasteiger partial charge in [0.05, 0.1) is 10.9 Å². The quantitative estimate of drug-likeness (QED) is 0.0734. The molecule has 0 aliphatic rings. The molecule has 14 heteroatoms. The predicted octanol–water partition coefficient (Wildman–Crippen LogP) is 12.6. The van der Waals surface area contributed by atoms with Gasteiger partial charge in [-0.25, -0.2) is 4.39 Å². The van der Waals surface area contributed by atoms with E-state index < -0.39 is 19.5 Å². The fourth-order valence-electron chi connectivity index (χ4n) is 3.87. The fraction of sp³-hybridized carbons (Fsp3) is 0. The molecule has 1 nitrogen and oxygen atoms in total. The summed E-state index contributed by atoms with van der Waals surface area (Å²) in [5.74, 6) is -0.377. The maximum absolute atomic E-state index is 13.2. The summed E-state index contributed by atoms with van der Waals surface area (Å²) in [6.45, 7) is 0. The summed E-state index contributed by atoms with van der Waals surface area (Å²) in [5.41, 5.74) is 2.27. The van der Waals surface area contributed by atoms with Gasteiger partial charge in [-0.2, -0.15) is 0 Å². The summed E-state index contributed by atoms with van der Waals surface area (Å²) in [6, 6.07) is 35.2. The van der Waals surface area contributed by atoms with Crippen LogP contribution in [0, 0.1) is 5.82 Å². The first-order valence-corrected chi connectivity index (χ1v) is 21.5. The van der Waals surface area contributed by atoms with Crippen molar-refractivity contribution in [3.05, 3.63) is 142 Å². The minimum absolute atomic E-state index is 0.172. The normalized spacial score (nSPS) is 13.0. The first-order chi connectivity index (χ1) is 20.8. The molecule has 0 spiro atoms. The molecule has 0 atom stereocenters. The molecule has 5 rings (SSSR count). The van der Waals surface area contributed by atoms with Crippen LogP contribution in [-0.4, -0.2) is 24.6 Å². The molecule has 236 valence electrons. The zero-order valence-corrected chi connectivity index (χ0v) is 28.9. The first-order valence-electron chi connectivity index (χ1n) is 12.5. The predicted molar refractivity (Wildman–Crippen MR) is 171 cm³/mol. The fourth-order valence-corrected chi connectivity index (χ4v) is 7.29. The van der Waals surface area contributed by atoms with Crippen LogP contribution in [0.4, 0.5) is 21.3 Å². The molecule has 0 heterocycles. The van der Waals surface area contributed by atoms with E-state index in [1.807, 2.05) is 36.4 Å². The average molecular weight is 833 g/mol. The third-order valence-electron chi connectivity index (χ3n) is 5.73. The van der Waals surface area contributed by atoms with E-state index in [2.05, 4.69) is 48.5 Å². The van der Waals surface area contributed by atoms with E-state index in [4.69, 9.17) is 34.8 Å². The minimum atomic E-state index is -11.2. The van der Waals surface area contributed by atoms with Gasteiger partial charge in [0.1, 0.15) is 5.82 Å². The third-order valence-corrected chi connectivity index (χ3v) is 9.69. The van der Waals surface area contributed by atoms with Crippen molar-refractivity contribution in [1.29, 1.82) is 0 Å². The Balaban J connectivity index is 0.000000591. The average Bonchev–Trinajstić information content (AvgIpc) is 2.94. The molecule has 0 radical (unpaired) electrons. The van der Waals surface area contributed by atoms with Gasteiger partial charge in [0.25, 0.3) is 0 Å². The van der Waals surface area contributed by atoms with Crippen molar-refractivity contribution in [3.63, 3.8) is 0 Å². The number of hydrogen-bond donors (Lipinski definition) is 0. The van der Waals surface area contributed by atoms with E-state index in [1.165, 1.54) is 24.3 Å². The molecule has 0 aliphatic carbocycles.